The number of H-pyrrole nitrogens is 1. The standard InChI is InChI=1S/C20H19ClN2O2/c1-13-6-7-14-11-15(20(25)23-18(14)10-13)8-9-19(24)22-12-16-4-2-3-5-17(16)21/h2-7,10-11H,8-9,12H2,1H3,(H,22,24)(H,23,25). The summed E-state index contributed by atoms with van der Waals surface area (Å²) in [6, 6.07) is 15.2. The van der Waals surface area contributed by atoms with E-state index in [0.717, 1.165) is 22.0 Å². The van der Waals surface area contributed by atoms with E-state index < -0.39 is 0 Å². The van der Waals surface area contributed by atoms with Crippen molar-refractivity contribution in [1.29, 1.82) is 0 Å². The van der Waals surface area contributed by atoms with Crippen LogP contribution in [-0.2, 0) is 17.8 Å². The van der Waals surface area contributed by atoms with Gasteiger partial charge in [-0.05, 0) is 48.1 Å². The zero-order valence-electron chi connectivity index (χ0n) is 13.9. The van der Waals surface area contributed by atoms with Gasteiger partial charge in [-0.1, -0.05) is 41.9 Å². The second-order valence-corrected chi connectivity index (χ2v) is 6.49. The van der Waals surface area contributed by atoms with E-state index in [-0.39, 0.29) is 17.9 Å². The normalized spacial score (nSPS) is 10.8. The third-order valence-electron chi connectivity index (χ3n) is 4.13. The number of amides is 1. The molecule has 0 saturated heterocycles. The molecule has 128 valence electrons. The number of pyridine rings is 1. The maximum Gasteiger partial charge on any atom is 0.251 e. The van der Waals surface area contributed by atoms with Crippen LogP contribution < -0.4 is 10.9 Å². The lowest BCUT2D eigenvalue weighted by Crippen LogP contribution is -2.24. The van der Waals surface area contributed by atoms with Crippen LogP contribution in [0.15, 0.2) is 53.3 Å². The zero-order valence-corrected chi connectivity index (χ0v) is 14.7. The van der Waals surface area contributed by atoms with E-state index in [1.54, 1.807) is 6.07 Å². The van der Waals surface area contributed by atoms with E-state index in [9.17, 15) is 9.59 Å². The molecule has 5 heteroatoms. The van der Waals surface area contributed by atoms with Crippen LogP contribution in [0.5, 0.6) is 0 Å². The fourth-order valence-corrected chi connectivity index (χ4v) is 2.92. The van der Waals surface area contributed by atoms with E-state index >= 15 is 0 Å². The van der Waals surface area contributed by atoms with Gasteiger partial charge in [0.2, 0.25) is 5.91 Å². The summed E-state index contributed by atoms with van der Waals surface area (Å²) < 4.78 is 0. The fraction of sp³-hybridized carbons (Fsp3) is 0.200. The SMILES string of the molecule is Cc1ccc2cc(CCC(=O)NCc3ccccc3Cl)c(=O)[nH]c2c1. The minimum atomic E-state index is -0.142. The molecule has 0 unspecified atom stereocenters. The first kappa shape index (κ1) is 17.2. The van der Waals surface area contributed by atoms with Crippen molar-refractivity contribution in [2.24, 2.45) is 0 Å². The summed E-state index contributed by atoms with van der Waals surface area (Å²) in [6.07, 6.45) is 0.651. The smallest absolute Gasteiger partial charge is 0.251 e. The van der Waals surface area contributed by atoms with Crippen LogP contribution in [-0.4, -0.2) is 10.9 Å². The number of aromatic amines is 1. The molecular formula is C20H19ClN2O2. The van der Waals surface area contributed by atoms with Crippen LogP contribution in [0.3, 0.4) is 0 Å². The lowest BCUT2D eigenvalue weighted by molar-refractivity contribution is -0.121. The largest absolute Gasteiger partial charge is 0.352 e. The number of aromatic nitrogens is 1. The molecule has 4 nitrogen and oxygen atoms in total. The Labute approximate surface area is 150 Å². The minimum Gasteiger partial charge on any atom is -0.352 e. The Hall–Kier alpha value is -2.59. The molecule has 0 aliphatic carbocycles. The van der Waals surface area contributed by atoms with Gasteiger partial charge in [-0.25, -0.2) is 0 Å². The van der Waals surface area contributed by atoms with Gasteiger partial charge in [-0.2, -0.15) is 0 Å². The van der Waals surface area contributed by atoms with Gasteiger partial charge < -0.3 is 10.3 Å². The lowest BCUT2D eigenvalue weighted by atomic mass is 10.1. The summed E-state index contributed by atoms with van der Waals surface area (Å²) in [5.74, 6) is -0.108. The van der Waals surface area contributed by atoms with E-state index in [4.69, 9.17) is 11.6 Å². The van der Waals surface area contributed by atoms with E-state index in [1.807, 2.05) is 49.4 Å². The number of fused-ring (bicyclic) bond motifs is 1. The molecule has 0 aliphatic rings. The van der Waals surface area contributed by atoms with Crippen molar-refractivity contribution in [3.63, 3.8) is 0 Å². The van der Waals surface area contributed by atoms with Gasteiger partial charge in [0.05, 0.1) is 0 Å². The molecule has 0 saturated carbocycles. The monoisotopic (exact) mass is 354 g/mol. The summed E-state index contributed by atoms with van der Waals surface area (Å²) in [5, 5.41) is 4.44. The van der Waals surface area contributed by atoms with Crippen molar-refractivity contribution >= 4 is 28.4 Å². The summed E-state index contributed by atoms with van der Waals surface area (Å²) in [7, 11) is 0. The molecule has 3 rings (SSSR count). The molecule has 25 heavy (non-hydrogen) atoms. The van der Waals surface area contributed by atoms with Crippen molar-refractivity contribution in [2.45, 2.75) is 26.3 Å². The summed E-state index contributed by atoms with van der Waals surface area (Å²) in [4.78, 5) is 27.1. The predicted octanol–water partition coefficient (Wildman–Crippen LogP) is 3.74. The zero-order chi connectivity index (χ0) is 17.8. The highest BCUT2D eigenvalue weighted by molar-refractivity contribution is 6.31. The van der Waals surface area contributed by atoms with Gasteiger partial charge in [0.15, 0.2) is 0 Å². The van der Waals surface area contributed by atoms with E-state index in [2.05, 4.69) is 10.3 Å². The minimum absolute atomic E-state index is 0.108. The number of benzene rings is 2. The second kappa shape index (κ2) is 7.53. The molecule has 0 fully saturated rings. The third-order valence-corrected chi connectivity index (χ3v) is 4.50. The molecule has 2 aromatic carbocycles. The molecule has 1 amide bonds. The predicted molar refractivity (Wildman–Crippen MR) is 101 cm³/mol. The van der Waals surface area contributed by atoms with Crippen LogP contribution in [0.4, 0.5) is 0 Å². The van der Waals surface area contributed by atoms with Crippen LogP contribution in [0.2, 0.25) is 5.02 Å². The number of carbonyl (C=O) groups is 1. The topological polar surface area (TPSA) is 62.0 Å². The van der Waals surface area contributed by atoms with Gasteiger partial charge in [0.25, 0.3) is 5.56 Å². The van der Waals surface area contributed by atoms with E-state index in [1.165, 1.54) is 0 Å². The van der Waals surface area contributed by atoms with Crippen molar-refractivity contribution < 1.29 is 4.79 Å². The van der Waals surface area contributed by atoms with Crippen molar-refractivity contribution in [3.05, 3.63) is 80.6 Å². The molecule has 0 atom stereocenters. The van der Waals surface area contributed by atoms with Crippen molar-refractivity contribution in [2.75, 3.05) is 0 Å². The lowest BCUT2D eigenvalue weighted by Gasteiger charge is -2.07. The molecule has 1 heterocycles. The van der Waals surface area contributed by atoms with Gasteiger partial charge in [0.1, 0.15) is 0 Å². The summed E-state index contributed by atoms with van der Waals surface area (Å²) >= 11 is 6.07. The number of halogens is 1. The molecule has 0 radical (unpaired) electrons. The van der Waals surface area contributed by atoms with Gasteiger partial charge >= 0.3 is 0 Å². The highest BCUT2D eigenvalue weighted by Gasteiger charge is 2.08. The molecule has 0 spiro atoms. The number of hydrogen-bond acceptors (Lipinski definition) is 2. The Balaban J connectivity index is 1.63. The fourth-order valence-electron chi connectivity index (χ4n) is 2.72. The second-order valence-electron chi connectivity index (χ2n) is 6.08. The average Bonchev–Trinajstić information content (AvgIpc) is 2.59. The number of nitrogens with one attached hydrogen (secondary N) is 2. The Morgan fingerprint density at radius 1 is 1.12 bits per heavy atom. The highest BCUT2D eigenvalue weighted by atomic mass is 35.5. The Bertz CT molecular complexity index is 979. The van der Waals surface area contributed by atoms with Gasteiger partial charge in [-0.3, -0.25) is 9.59 Å². The number of aryl methyl sites for hydroxylation is 2. The molecular weight excluding hydrogens is 336 g/mol. The highest BCUT2D eigenvalue weighted by Crippen LogP contribution is 2.15. The van der Waals surface area contributed by atoms with Crippen LogP contribution in [0.25, 0.3) is 10.9 Å². The van der Waals surface area contributed by atoms with Crippen molar-refractivity contribution in [3.8, 4) is 0 Å². The van der Waals surface area contributed by atoms with Crippen molar-refractivity contribution in [1.82, 2.24) is 10.3 Å². The first-order chi connectivity index (χ1) is 12.0. The quantitative estimate of drug-likeness (QED) is 0.733. The van der Waals surface area contributed by atoms with Crippen LogP contribution in [0, 0.1) is 6.92 Å². The molecule has 2 N–H and O–H groups in total. The summed E-state index contributed by atoms with van der Waals surface area (Å²) in [5.41, 5.74) is 3.25. The molecule has 1 aromatic heterocycles. The van der Waals surface area contributed by atoms with Crippen LogP contribution in [0.1, 0.15) is 23.1 Å². The Morgan fingerprint density at radius 2 is 1.92 bits per heavy atom. The Morgan fingerprint density at radius 3 is 2.72 bits per heavy atom. The summed E-state index contributed by atoms with van der Waals surface area (Å²) in [6.45, 7) is 2.36. The maximum absolute atomic E-state index is 12.2. The number of carbonyl (C=O) groups excluding carboxylic acids is 1. The van der Waals surface area contributed by atoms with Crippen LogP contribution >= 0.6 is 11.6 Å². The molecule has 0 aliphatic heterocycles. The molecule has 3 aromatic rings. The van der Waals surface area contributed by atoms with E-state index in [0.29, 0.717) is 23.6 Å². The Kier molecular flexibility index (Phi) is 5.19. The molecule has 0 bridgehead atoms. The number of rotatable bonds is 5. The van der Waals surface area contributed by atoms with Gasteiger partial charge in [-0.15, -0.1) is 0 Å². The first-order valence-electron chi connectivity index (χ1n) is 8.15. The maximum atomic E-state index is 12.2. The first-order valence-corrected chi connectivity index (χ1v) is 8.53. The third kappa shape index (κ3) is 4.28. The van der Waals surface area contributed by atoms with Gasteiger partial charge in [0, 0.05) is 29.1 Å². The number of hydrogen-bond donors (Lipinski definition) is 2. The average molecular weight is 355 g/mol.